The summed E-state index contributed by atoms with van der Waals surface area (Å²) in [6.07, 6.45) is 4.02. The lowest BCUT2D eigenvalue weighted by Gasteiger charge is -2.44. The molecule has 2 aliphatic heterocycles. The molecule has 1 N–H and O–H groups in total. The Morgan fingerprint density at radius 3 is 2.00 bits per heavy atom. The summed E-state index contributed by atoms with van der Waals surface area (Å²) in [7, 11) is 0. The molecule has 5 atom stereocenters. The van der Waals surface area contributed by atoms with Gasteiger partial charge in [0.2, 0.25) is 0 Å². The maximum atomic E-state index is 13.9. The van der Waals surface area contributed by atoms with Crippen molar-refractivity contribution in [3.8, 4) is 0 Å². The topological polar surface area (TPSA) is 35.6 Å². The monoisotopic (exact) mass is 553 g/mol. The average Bonchev–Trinajstić information content (AvgIpc) is 3.69. The van der Waals surface area contributed by atoms with Gasteiger partial charge in [-0.25, -0.2) is 0 Å². The first-order valence-electron chi connectivity index (χ1n) is 15.8. The molecule has 2 saturated carbocycles. The van der Waals surface area contributed by atoms with E-state index in [0.717, 1.165) is 43.6 Å². The number of amides is 1. The molecule has 4 aliphatic rings. The van der Waals surface area contributed by atoms with Crippen molar-refractivity contribution in [1.29, 1.82) is 0 Å². The summed E-state index contributed by atoms with van der Waals surface area (Å²) in [6, 6.07) is 39.6. The fourth-order valence-electron chi connectivity index (χ4n) is 8.86. The molecule has 0 radical (unpaired) electrons. The maximum Gasteiger partial charge on any atom is 0.253 e. The highest BCUT2D eigenvalue weighted by atomic mass is 16.2. The van der Waals surface area contributed by atoms with Crippen LogP contribution < -0.4 is 5.32 Å². The van der Waals surface area contributed by atoms with Crippen molar-refractivity contribution in [3.63, 3.8) is 0 Å². The lowest BCUT2D eigenvalue weighted by Crippen LogP contribution is -2.49. The van der Waals surface area contributed by atoms with Crippen LogP contribution in [0.2, 0.25) is 0 Å². The smallest absolute Gasteiger partial charge is 0.253 e. The van der Waals surface area contributed by atoms with Crippen LogP contribution in [-0.2, 0) is 0 Å². The van der Waals surface area contributed by atoms with Gasteiger partial charge in [0.25, 0.3) is 5.91 Å². The third kappa shape index (κ3) is 4.44. The van der Waals surface area contributed by atoms with Crippen LogP contribution in [-0.4, -0.2) is 41.9 Å². The summed E-state index contributed by atoms with van der Waals surface area (Å²) >= 11 is 0. The molecule has 8 rings (SSSR count). The third-order valence-corrected chi connectivity index (χ3v) is 10.7. The first-order valence-corrected chi connectivity index (χ1v) is 15.8. The lowest BCUT2D eigenvalue weighted by molar-refractivity contribution is 0.0597. The Morgan fingerprint density at radius 1 is 0.714 bits per heavy atom. The Kier molecular flexibility index (Phi) is 6.60. The van der Waals surface area contributed by atoms with Gasteiger partial charge < -0.3 is 10.2 Å². The van der Waals surface area contributed by atoms with Gasteiger partial charge in [0.1, 0.15) is 0 Å². The molecule has 1 saturated heterocycles. The summed E-state index contributed by atoms with van der Waals surface area (Å²) in [5.41, 5.74) is 7.48. The molecule has 2 heterocycles. The first-order chi connectivity index (χ1) is 20.7. The second-order valence-corrected chi connectivity index (χ2v) is 12.8. The number of carbonyl (C=O) groups is 1. The lowest BCUT2D eigenvalue weighted by atomic mass is 9.68. The Labute approximate surface area is 249 Å². The van der Waals surface area contributed by atoms with Crippen molar-refractivity contribution >= 4 is 11.6 Å². The number of anilines is 1. The number of nitrogens with zero attached hydrogens (tertiary/aromatic N) is 2. The second kappa shape index (κ2) is 10.7. The van der Waals surface area contributed by atoms with Crippen LogP contribution in [0.3, 0.4) is 0 Å². The van der Waals surface area contributed by atoms with E-state index in [0.29, 0.717) is 17.9 Å². The van der Waals surface area contributed by atoms with Crippen LogP contribution >= 0.6 is 0 Å². The van der Waals surface area contributed by atoms with Crippen LogP contribution in [0.4, 0.5) is 5.69 Å². The van der Waals surface area contributed by atoms with E-state index in [1.807, 2.05) is 0 Å². The Bertz CT molecular complexity index is 1510. The van der Waals surface area contributed by atoms with Gasteiger partial charge in [-0.1, -0.05) is 91.0 Å². The summed E-state index contributed by atoms with van der Waals surface area (Å²) in [4.78, 5) is 18.5. The molecule has 1 amide bonds. The largest absolute Gasteiger partial charge is 0.378 e. The van der Waals surface area contributed by atoms with Crippen molar-refractivity contribution in [3.05, 3.63) is 137 Å². The minimum Gasteiger partial charge on any atom is -0.378 e. The van der Waals surface area contributed by atoms with E-state index >= 15 is 0 Å². The van der Waals surface area contributed by atoms with Gasteiger partial charge in [0, 0.05) is 37.4 Å². The van der Waals surface area contributed by atoms with Crippen LogP contribution in [0.5, 0.6) is 0 Å². The zero-order valence-corrected chi connectivity index (χ0v) is 24.1. The molecule has 4 aromatic rings. The standard InChI is InChI=1S/C38H39N3O/c42-38(41-22-20-40(21-23-41)37(27-12-6-2-7-13-27)28-14-8-3-9-15-28)31-18-19-33-32(25-31)34-29-16-17-30(24-29)35(34)36(39-33)26-10-4-1-5-11-26/h1-15,18-19,25,29-30,34-37,39H,16-17,20-24H2/t29-,30-,34-,35-,36+/m0/s1. The summed E-state index contributed by atoms with van der Waals surface area (Å²) in [6.45, 7) is 3.22. The highest BCUT2D eigenvalue weighted by molar-refractivity contribution is 5.95. The number of benzene rings is 4. The molecule has 0 spiro atoms. The van der Waals surface area contributed by atoms with Gasteiger partial charge in [0.15, 0.2) is 0 Å². The minimum absolute atomic E-state index is 0.179. The van der Waals surface area contributed by atoms with Gasteiger partial charge in [-0.3, -0.25) is 9.69 Å². The number of piperazine rings is 1. The molecule has 4 nitrogen and oxygen atoms in total. The van der Waals surface area contributed by atoms with Crippen LogP contribution in [0.1, 0.15) is 69.9 Å². The van der Waals surface area contributed by atoms with Crippen molar-refractivity contribution in [2.75, 3.05) is 31.5 Å². The zero-order valence-electron chi connectivity index (χ0n) is 24.1. The highest BCUT2D eigenvalue weighted by Crippen LogP contribution is 2.63. The summed E-state index contributed by atoms with van der Waals surface area (Å²) < 4.78 is 0. The normalized spacial score (nSPS) is 26.5. The van der Waals surface area contributed by atoms with Gasteiger partial charge in [-0.2, -0.15) is 0 Å². The predicted molar refractivity (Wildman–Crippen MR) is 169 cm³/mol. The van der Waals surface area contributed by atoms with Crippen molar-refractivity contribution in [2.24, 2.45) is 17.8 Å². The molecular weight excluding hydrogens is 514 g/mol. The Hall–Kier alpha value is -3.89. The predicted octanol–water partition coefficient (Wildman–Crippen LogP) is 7.53. The number of fused-ring (bicyclic) bond motifs is 7. The van der Waals surface area contributed by atoms with Gasteiger partial charge in [0.05, 0.1) is 12.1 Å². The number of rotatable bonds is 5. The molecule has 3 fully saturated rings. The summed E-state index contributed by atoms with van der Waals surface area (Å²) in [5, 5.41) is 3.93. The third-order valence-electron chi connectivity index (χ3n) is 10.7. The van der Waals surface area contributed by atoms with E-state index < -0.39 is 0 Å². The van der Waals surface area contributed by atoms with E-state index in [1.165, 1.54) is 47.2 Å². The molecule has 4 heteroatoms. The fourth-order valence-corrected chi connectivity index (χ4v) is 8.86. The van der Waals surface area contributed by atoms with Crippen LogP contribution in [0.15, 0.2) is 109 Å². The van der Waals surface area contributed by atoms with Crippen molar-refractivity contribution in [1.82, 2.24) is 9.80 Å². The van der Waals surface area contributed by atoms with E-state index in [1.54, 1.807) is 0 Å². The molecular formula is C38H39N3O. The quantitative estimate of drug-likeness (QED) is 0.277. The van der Waals surface area contributed by atoms with E-state index in [4.69, 9.17) is 0 Å². The molecule has 0 aromatic heterocycles. The van der Waals surface area contributed by atoms with E-state index in [-0.39, 0.29) is 11.9 Å². The van der Waals surface area contributed by atoms with Crippen LogP contribution in [0.25, 0.3) is 0 Å². The highest BCUT2D eigenvalue weighted by Gasteiger charge is 2.53. The van der Waals surface area contributed by atoms with Gasteiger partial charge in [-0.05, 0) is 83.4 Å². The molecule has 42 heavy (non-hydrogen) atoms. The first kappa shape index (κ1) is 25.8. The second-order valence-electron chi connectivity index (χ2n) is 12.8. The molecule has 2 aliphatic carbocycles. The summed E-state index contributed by atoms with van der Waals surface area (Å²) in [5.74, 6) is 2.86. The SMILES string of the molecule is O=C(c1ccc2c(c1)[C@@H]1[C@H]3CC[C@@H](C3)[C@@H]1[C@@H](c1ccccc1)N2)N1CCN(C(c2ccccc2)c2ccccc2)CC1. The molecule has 212 valence electrons. The number of hydrogen-bond acceptors (Lipinski definition) is 3. The molecule has 2 bridgehead atoms. The maximum absolute atomic E-state index is 13.9. The van der Waals surface area contributed by atoms with Crippen LogP contribution in [0, 0.1) is 17.8 Å². The van der Waals surface area contributed by atoms with E-state index in [9.17, 15) is 4.79 Å². The van der Waals surface area contributed by atoms with Crippen molar-refractivity contribution < 1.29 is 4.79 Å². The van der Waals surface area contributed by atoms with Gasteiger partial charge >= 0.3 is 0 Å². The number of hydrogen-bond donors (Lipinski definition) is 1. The zero-order chi connectivity index (χ0) is 28.0. The Morgan fingerprint density at radius 2 is 1.33 bits per heavy atom. The number of carbonyl (C=O) groups excluding carboxylic acids is 1. The molecule has 0 unspecified atom stereocenters. The minimum atomic E-state index is 0.179. The van der Waals surface area contributed by atoms with E-state index in [2.05, 4.69) is 124 Å². The average molecular weight is 554 g/mol. The Balaban J connectivity index is 1.03. The fraction of sp³-hybridized carbons (Fsp3) is 0.342. The van der Waals surface area contributed by atoms with Gasteiger partial charge in [-0.15, -0.1) is 0 Å². The molecule has 4 aromatic carbocycles. The van der Waals surface area contributed by atoms with Crippen molar-refractivity contribution in [2.45, 2.75) is 37.3 Å². The number of nitrogens with one attached hydrogen (secondary N) is 1.